The normalized spacial score (nSPS) is 15.5. The standard InChI is InChI=1S/C36H30O2/c1-5-6-7-9-26-22-32(24-13-17-27(37-3)18-14-24)35-31-21-12-23(2)29-10-8-11-30(34(29)31)36(35)33(26)25-15-19-28(38-4)20-16-25/h5-21H,1,22H2,2-4H3/b7-6-,26-9+. The topological polar surface area (TPSA) is 18.5 Å². The van der Waals surface area contributed by atoms with E-state index in [9.17, 15) is 0 Å². The van der Waals surface area contributed by atoms with Gasteiger partial charge in [-0.15, -0.1) is 0 Å². The fourth-order valence-electron chi connectivity index (χ4n) is 5.86. The van der Waals surface area contributed by atoms with Crippen LogP contribution in [0.5, 0.6) is 11.5 Å². The highest BCUT2D eigenvalue weighted by atomic mass is 16.5. The summed E-state index contributed by atoms with van der Waals surface area (Å²) >= 11 is 0. The van der Waals surface area contributed by atoms with Crippen molar-refractivity contribution in [3.63, 3.8) is 0 Å². The van der Waals surface area contributed by atoms with Crippen LogP contribution in [0.3, 0.4) is 0 Å². The van der Waals surface area contributed by atoms with E-state index in [-0.39, 0.29) is 0 Å². The summed E-state index contributed by atoms with van der Waals surface area (Å²) in [6.45, 7) is 6.07. The summed E-state index contributed by atoms with van der Waals surface area (Å²) in [5, 5.41) is 2.66. The number of hydrogen-bond acceptors (Lipinski definition) is 2. The maximum absolute atomic E-state index is 5.48. The van der Waals surface area contributed by atoms with Crippen LogP contribution in [0.1, 0.15) is 34.2 Å². The van der Waals surface area contributed by atoms with Gasteiger partial charge in [0.15, 0.2) is 0 Å². The van der Waals surface area contributed by atoms with Gasteiger partial charge in [-0.05, 0) is 104 Å². The quantitative estimate of drug-likeness (QED) is 0.249. The smallest absolute Gasteiger partial charge is 0.118 e. The third-order valence-corrected chi connectivity index (χ3v) is 7.65. The Labute approximate surface area is 224 Å². The van der Waals surface area contributed by atoms with Crippen LogP contribution in [-0.4, -0.2) is 14.2 Å². The molecule has 4 aromatic rings. The number of hydrogen-bond donors (Lipinski definition) is 0. The Bertz CT molecular complexity index is 1690. The minimum Gasteiger partial charge on any atom is -0.497 e. The minimum absolute atomic E-state index is 0.817. The largest absolute Gasteiger partial charge is 0.497 e. The summed E-state index contributed by atoms with van der Waals surface area (Å²) in [4.78, 5) is 0. The highest BCUT2D eigenvalue weighted by Gasteiger charge is 2.34. The summed E-state index contributed by atoms with van der Waals surface area (Å²) in [7, 11) is 3.42. The molecule has 186 valence electrons. The van der Waals surface area contributed by atoms with Gasteiger partial charge in [0, 0.05) is 0 Å². The van der Waals surface area contributed by atoms with E-state index in [1.165, 1.54) is 66.5 Å². The zero-order valence-electron chi connectivity index (χ0n) is 22.0. The molecule has 0 amide bonds. The van der Waals surface area contributed by atoms with Crippen LogP contribution >= 0.6 is 0 Å². The summed E-state index contributed by atoms with van der Waals surface area (Å²) < 4.78 is 10.9. The molecular formula is C36H30O2. The van der Waals surface area contributed by atoms with Gasteiger partial charge in [0.2, 0.25) is 0 Å². The molecule has 0 heterocycles. The molecule has 0 unspecified atom stereocenters. The lowest BCUT2D eigenvalue weighted by Crippen LogP contribution is -2.05. The highest BCUT2D eigenvalue weighted by molar-refractivity contribution is 6.35. The third-order valence-electron chi connectivity index (χ3n) is 7.65. The molecule has 2 nitrogen and oxygen atoms in total. The molecule has 0 saturated heterocycles. The molecule has 0 aliphatic heterocycles. The van der Waals surface area contributed by atoms with E-state index in [0.29, 0.717) is 0 Å². The summed E-state index contributed by atoms with van der Waals surface area (Å²) in [6, 6.07) is 28.2. The molecule has 2 aliphatic carbocycles. The molecule has 0 aromatic heterocycles. The van der Waals surface area contributed by atoms with Crippen LogP contribution in [0.15, 0.2) is 115 Å². The number of ether oxygens (including phenoxy) is 2. The average Bonchev–Trinajstić information content (AvgIpc) is 3.30. The molecule has 0 atom stereocenters. The summed E-state index contributed by atoms with van der Waals surface area (Å²) in [6.07, 6.45) is 8.96. The number of aryl methyl sites for hydroxylation is 1. The SMILES string of the molecule is C=C/C=C\C=C1/CC(c2ccc(OC)cc2)=C2C(=C1c1ccc(OC)cc1)c1cccc3c(C)ccc2c13. The van der Waals surface area contributed by atoms with E-state index in [1.807, 2.05) is 12.2 Å². The fraction of sp³-hybridized carbons (Fsp3) is 0.111. The Morgan fingerprint density at radius 3 is 2.00 bits per heavy atom. The first-order valence-corrected chi connectivity index (χ1v) is 12.9. The molecule has 6 rings (SSSR count). The molecule has 0 saturated carbocycles. The van der Waals surface area contributed by atoms with Gasteiger partial charge in [0.25, 0.3) is 0 Å². The molecular weight excluding hydrogens is 464 g/mol. The number of fused-ring (bicyclic) bond motifs is 3. The van der Waals surface area contributed by atoms with Crippen molar-refractivity contribution in [1.29, 1.82) is 0 Å². The van der Waals surface area contributed by atoms with E-state index in [4.69, 9.17) is 9.47 Å². The van der Waals surface area contributed by atoms with E-state index in [1.54, 1.807) is 14.2 Å². The van der Waals surface area contributed by atoms with Gasteiger partial charge in [-0.2, -0.15) is 0 Å². The second kappa shape index (κ2) is 9.72. The van der Waals surface area contributed by atoms with Crippen molar-refractivity contribution in [2.75, 3.05) is 14.2 Å². The molecule has 0 bridgehead atoms. The molecule has 0 spiro atoms. The molecule has 0 fully saturated rings. The van der Waals surface area contributed by atoms with Crippen molar-refractivity contribution in [3.05, 3.63) is 143 Å². The zero-order valence-corrected chi connectivity index (χ0v) is 22.0. The second-order valence-corrected chi connectivity index (χ2v) is 9.71. The number of benzene rings is 4. The summed E-state index contributed by atoms with van der Waals surface area (Å²) in [5.74, 6) is 1.72. The average molecular weight is 495 g/mol. The van der Waals surface area contributed by atoms with Crippen LogP contribution < -0.4 is 9.47 Å². The second-order valence-electron chi connectivity index (χ2n) is 9.71. The van der Waals surface area contributed by atoms with Crippen molar-refractivity contribution < 1.29 is 9.47 Å². The molecule has 0 N–H and O–H groups in total. The Kier molecular flexibility index (Phi) is 6.09. The highest BCUT2D eigenvalue weighted by Crippen LogP contribution is 2.57. The summed E-state index contributed by atoms with van der Waals surface area (Å²) in [5.41, 5.74) is 12.8. The predicted octanol–water partition coefficient (Wildman–Crippen LogP) is 9.07. The van der Waals surface area contributed by atoms with Crippen molar-refractivity contribution in [1.82, 2.24) is 0 Å². The lowest BCUT2D eigenvalue weighted by atomic mass is 9.76. The maximum atomic E-state index is 5.48. The number of methoxy groups -OCH3 is 2. The van der Waals surface area contributed by atoms with Crippen LogP contribution in [0.2, 0.25) is 0 Å². The third kappa shape index (κ3) is 3.81. The van der Waals surface area contributed by atoms with Gasteiger partial charge < -0.3 is 9.47 Å². The molecule has 0 radical (unpaired) electrons. The molecule has 4 aromatic carbocycles. The van der Waals surface area contributed by atoms with Crippen LogP contribution in [0, 0.1) is 6.92 Å². The first-order chi connectivity index (χ1) is 18.6. The van der Waals surface area contributed by atoms with Gasteiger partial charge in [0.1, 0.15) is 11.5 Å². The van der Waals surface area contributed by atoms with E-state index >= 15 is 0 Å². The Hall–Kier alpha value is -4.56. The van der Waals surface area contributed by atoms with E-state index in [2.05, 4.69) is 105 Å². The Morgan fingerprint density at radius 2 is 1.34 bits per heavy atom. The van der Waals surface area contributed by atoms with Gasteiger partial charge in [-0.1, -0.05) is 85.5 Å². The number of rotatable bonds is 6. The van der Waals surface area contributed by atoms with Crippen LogP contribution in [0.4, 0.5) is 0 Å². The zero-order chi connectivity index (χ0) is 26.2. The van der Waals surface area contributed by atoms with Crippen LogP contribution in [-0.2, 0) is 0 Å². The minimum atomic E-state index is 0.817. The molecule has 2 aliphatic rings. The van der Waals surface area contributed by atoms with Gasteiger partial charge in [-0.25, -0.2) is 0 Å². The first kappa shape index (κ1) is 23.8. The Balaban J connectivity index is 1.73. The predicted molar refractivity (Wildman–Crippen MR) is 160 cm³/mol. The van der Waals surface area contributed by atoms with Crippen molar-refractivity contribution in [2.24, 2.45) is 0 Å². The van der Waals surface area contributed by atoms with Crippen molar-refractivity contribution in [2.45, 2.75) is 13.3 Å². The van der Waals surface area contributed by atoms with Gasteiger partial charge in [0.05, 0.1) is 14.2 Å². The Morgan fingerprint density at radius 1 is 0.684 bits per heavy atom. The fourth-order valence-corrected chi connectivity index (χ4v) is 5.86. The van der Waals surface area contributed by atoms with E-state index in [0.717, 1.165) is 17.9 Å². The lowest BCUT2D eigenvalue weighted by molar-refractivity contribution is 0.414. The monoisotopic (exact) mass is 494 g/mol. The van der Waals surface area contributed by atoms with Crippen molar-refractivity contribution >= 4 is 33.1 Å². The maximum Gasteiger partial charge on any atom is 0.118 e. The molecule has 38 heavy (non-hydrogen) atoms. The van der Waals surface area contributed by atoms with Gasteiger partial charge >= 0.3 is 0 Å². The van der Waals surface area contributed by atoms with Crippen molar-refractivity contribution in [3.8, 4) is 11.5 Å². The van der Waals surface area contributed by atoms with E-state index < -0.39 is 0 Å². The number of allylic oxidation sites excluding steroid dienone is 9. The first-order valence-electron chi connectivity index (χ1n) is 12.9. The van der Waals surface area contributed by atoms with Gasteiger partial charge in [-0.3, -0.25) is 0 Å². The molecule has 2 heteroatoms. The lowest BCUT2D eigenvalue weighted by Gasteiger charge is -2.27. The van der Waals surface area contributed by atoms with Crippen LogP contribution in [0.25, 0.3) is 33.1 Å².